The Balaban J connectivity index is 0.000000360. The van der Waals surface area contributed by atoms with Crippen molar-refractivity contribution in [1.29, 1.82) is 0 Å². The van der Waals surface area contributed by atoms with Gasteiger partial charge in [0.1, 0.15) is 25.3 Å². The summed E-state index contributed by atoms with van der Waals surface area (Å²) in [5, 5.41) is 11.9. The van der Waals surface area contributed by atoms with Gasteiger partial charge in [-0.1, -0.05) is 6.07 Å². The highest BCUT2D eigenvalue weighted by atomic mass is 19.4. The van der Waals surface area contributed by atoms with Crippen LogP contribution in [0.15, 0.2) is 24.4 Å². The third kappa shape index (κ3) is 6.17. The maximum Gasteiger partial charge on any atom is 0.457 e. The van der Waals surface area contributed by atoms with Crippen molar-refractivity contribution in [2.75, 3.05) is 46.1 Å². The minimum absolute atomic E-state index is 0.0332. The number of rotatable bonds is 4. The zero-order chi connectivity index (χ0) is 23.1. The normalized spacial score (nSPS) is 18.1. The lowest BCUT2D eigenvalue weighted by molar-refractivity contribution is -0.889. The van der Waals surface area contributed by atoms with Crippen LogP contribution in [0.25, 0.3) is 5.52 Å². The number of amides is 1. The smallest absolute Gasteiger partial charge is 0.457 e. The number of alkyl halides is 3. The van der Waals surface area contributed by atoms with Crippen molar-refractivity contribution in [2.45, 2.75) is 19.0 Å². The number of carboxylic acids is 1. The standard InChI is InChI=1S/C18H24N4O3.C2HF3O2/c23-17(19-13-14-4-9-24-10-5-14)16-15-3-1-2-6-22(15)18(20-16)21-7-11-25-12-8-21;3-2(4,5)1(6)7/h1-3,6,14H,4-5,7-13H2,(H,19,23);(H,6,7)/p+1. The van der Waals surface area contributed by atoms with E-state index in [0.717, 1.165) is 63.8 Å². The van der Waals surface area contributed by atoms with Crippen LogP contribution in [-0.4, -0.2) is 69.1 Å². The van der Waals surface area contributed by atoms with E-state index in [9.17, 15) is 18.0 Å². The van der Waals surface area contributed by atoms with E-state index in [1.807, 2.05) is 24.4 Å². The van der Waals surface area contributed by atoms with Crippen LogP contribution in [0.3, 0.4) is 0 Å². The van der Waals surface area contributed by atoms with Crippen molar-refractivity contribution < 1.29 is 46.6 Å². The second-order valence-electron chi connectivity index (χ2n) is 7.57. The molecule has 9 nitrogen and oxygen atoms in total. The van der Waals surface area contributed by atoms with Crippen LogP contribution in [0.1, 0.15) is 23.3 Å². The minimum atomic E-state index is -5.19. The molecule has 4 heterocycles. The Kier molecular flexibility index (Phi) is 8.04. The van der Waals surface area contributed by atoms with E-state index in [1.165, 1.54) is 4.90 Å². The Hall–Kier alpha value is -2.70. The lowest BCUT2D eigenvalue weighted by atomic mass is 10.0. The number of aromatic nitrogens is 2. The molecular weight excluding hydrogens is 433 g/mol. The van der Waals surface area contributed by atoms with Crippen molar-refractivity contribution in [1.82, 2.24) is 10.3 Å². The summed E-state index contributed by atoms with van der Waals surface area (Å²) in [5.74, 6) is -1.51. The van der Waals surface area contributed by atoms with Crippen LogP contribution in [0.5, 0.6) is 0 Å². The zero-order valence-electron chi connectivity index (χ0n) is 17.4. The number of pyridine rings is 1. The molecule has 0 saturated carbocycles. The fraction of sp³-hybridized carbons (Fsp3) is 0.550. The Labute approximate surface area is 182 Å². The van der Waals surface area contributed by atoms with Crippen LogP contribution in [0, 0.1) is 5.92 Å². The van der Waals surface area contributed by atoms with Gasteiger partial charge in [-0.2, -0.15) is 18.2 Å². The molecule has 2 aromatic heterocycles. The number of nitrogens with zero attached hydrogens (tertiary/aromatic N) is 1. The lowest BCUT2D eigenvalue weighted by Gasteiger charge is -2.21. The van der Waals surface area contributed by atoms with Gasteiger partial charge in [-0.05, 0) is 30.9 Å². The molecule has 0 spiro atoms. The van der Waals surface area contributed by atoms with Crippen LogP contribution in [-0.2, 0) is 14.3 Å². The van der Waals surface area contributed by atoms with E-state index in [-0.39, 0.29) is 5.91 Å². The molecule has 2 saturated heterocycles. The van der Waals surface area contributed by atoms with Gasteiger partial charge >= 0.3 is 12.1 Å². The van der Waals surface area contributed by atoms with Crippen molar-refractivity contribution in [3.63, 3.8) is 0 Å². The number of carbonyl (C=O) groups excluding carboxylic acids is 2. The van der Waals surface area contributed by atoms with Crippen molar-refractivity contribution in [3.8, 4) is 0 Å². The number of aliphatic carboxylic acids is 1. The first-order valence-corrected chi connectivity index (χ1v) is 10.4. The molecule has 0 aliphatic carbocycles. The van der Waals surface area contributed by atoms with Crippen LogP contribution in [0.2, 0.25) is 0 Å². The number of carboxylic acid groups (broad SMARTS) is 1. The van der Waals surface area contributed by atoms with Crippen molar-refractivity contribution in [3.05, 3.63) is 30.1 Å². The number of nitrogens with one attached hydrogen (secondary N) is 3. The SMILES string of the molecule is O=C(NCC1CCOCC1)c1[nH]c([NH+]2CCOCC2)[n+]2ccccc12.O=C([O-])C(F)(F)F. The summed E-state index contributed by atoms with van der Waals surface area (Å²) in [4.78, 5) is 26.3. The molecule has 2 aliphatic rings. The number of fused-ring (bicyclic) bond motifs is 1. The second kappa shape index (κ2) is 10.7. The van der Waals surface area contributed by atoms with Crippen LogP contribution >= 0.6 is 0 Å². The number of hydrogen-bond donors (Lipinski definition) is 3. The molecular formula is C20H26F3N4O5+. The van der Waals surface area contributed by atoms with Gasteiger partial charge in [0.2, 0.25) is 5.69 Å². The molecule has 4 rings (SSSR count). The molecule has 2 aromatic rings. The molecule has 176 valence electrons. The first-order chi connectivity index (χ1) is 15.3. The Morgan fingerprint density at radius 3 is 2.41 bits per heavy atom. The van der Waals surface area contributed by atoms with Gasteiger partial charge in [-0.25, -0.2) is 4.90 Å². The minimum Gasteiger partial charge on any atom is -0.542 e. The fourth-order valence-electron chi connectivity index (χ4n) is 3.65. The molecule has 0 bridgehead atoms. The van der Waals surface area contributed by atoms with E-state index < -0.39 is 12.1 Å². The lowest BCUT2D eigenvalue weighted by Crippen LogP contribution is -3.11. The number of hydrogen-bond acceptors (Lipinski definition) is 5. The average molecular weight is 459 g/mol. The van der Waals surface area contributed by atoms with Gasteiger partial charge in [0.15, 0.2) is 5.52 Å². The number of halogens is 3. The predicted molar refractivity (Wildman–Crippen MR) is 102 cm³/mol. The molecule has 2 aliphatic heterocycles. The summed E-state index contributed by atoms with van der Waals surface area (Å²) in [5.41, 5.74) is 1.56. The van der Waals surface area contributed by atoms with Crippen molar-refractivity contribution in [2.24, 2.45) is 5.92 Å². The van der Waals surface area contributed by atoms with Gasteiger partial charge in [-0.3, -0.25) is 4.79 Å². The first-order valence-electron chi connectivity index (χ1n) is 10.4. The molecule has 12 heteroatoms. The third-order valence-electron chi connectivity index (χ3n) is 5.38. The second-order valence-corrected chi connectivity index (χ2v) is 7.57. The highest BCUT2D eigenvalue weighted by Crippen LogP contribution is 2.14. The molecule has 0 aromatic carbocycles. The number of imidazole rings is 1. The summed E-state index contributed by atoms with van der Waals surface area (Å²) in [6, 6.07) is 5.95. The predicted octanol–water partition coefficient (Wildman–Crippen LogP) is -1.24. The number of morpholine rings is 1. The zero-order valence-corrected chi connectivity index (χ0v) is 17.4. The molecule has 0 unspecified atom stereocenters. The number of ether oxygens (including phenoxy) is 2. The molecule has 1 amide bonds. The third-order valence-corrected chi connectivity index (χ3v) is 5.38. The Bertz CT molecular complexity index is 922. The Morgan fingerprint density at radius 1 is 1.16 bits per heavy atom. The van der Waals surface area contributed by atoms with E-state index in [1.54, 1.807) is 0 Å². The van der Waals surface area contributed by atoms with Crippen LogP contribution < -0.4 is 19.7 Å². The van der Waals surface area contributed by atoms with Crippen LogP contribution in [0.4, 0.5) is 19.1 Å². The maximum atomic E-state index is 12.8. The van der Waals surface area contributed by atoms with E-state index in [2.05, 4.69) is 14.7 Å². The highest BCUT2D eigenvalue weighted by molar-refractivity contribution is 5.98. The van der Waals surface area contributed by atoms with Gasteiger partial charge < -0.3 is 24.7 Å². The molecule has 3 N–H and O–H groups in total. The molecule has 0 atom stereocenters. The van der Waals surface area contributed by atoms with Gasteiger partial charge in [-0.15, -0.1) is 4.40 Å². The summed E-state index contributed by atoms with van der Waals surface area (Å²) in [6.07, 6.45) is -1.15. The van der Waals surface area contributed by atoms with E-state index in [0.29, 0.717) is 18.2 Å². The largest absolute Gasteiger partial charge is 0.542 e. The van der Waals surface area contributed by atoms with Crippen molar-refractivity contribution >= 4 is 23.3 Å². The molecule has 0 radical (unpaired) electrons. The Morgan fingerprint density at radius 2 is 1.78 bits per heavy atom. The van der Waals surface area contributed by atoms with Gasteiger partial charge in [0.25, 0.3) is 5.91 Å². The quantitative estimate of drug-likeness (QED) is 0.495. The van der Waals surface area contributed by atoms with E-state index >= 15 is 0 Å². The number of H-pyrrole nitrogens is 1. The fourth-order valence-corrected chi connectivity index (χ4v) is 3.65. The number of carbonyl (C=O) groups is 2. The van der Waals surface area contributed by atoms with Gasteiger partial charge in [0, 0.05) is 19.8 Å². The maximum absolute atomic E-state index is 12.8. The van der Waals surface area contributed by atoms with E-state index in [4.69, 9.17) is 19.4 Å². The number of quaternary nitrogens is 1. The summed E-state index contributed by atoms with van der Waals surface area (Å²) < 4.78 is 44.5. The van der Waals surface area contributed by atoms with Gasteiger partial charge in [0.05, 0.1) is 13.2 Å². The summed E-state index contributed by atoms with van der Waals surface area (Å²) in [7, 11) is 0. The molecule has 32 heavy (non-hydrogen) atoms. The first kappa shape index (κ1) is 24.0. The summed E-state index contributed by atoms with van der Waals surface area (Å²) in [6.45, 7) is 5.60. The topological polar surface area (TPSA) is 112 Å². The molecule has 2 fully saturated rings. The monoisotopic (exact) mass is 459 g/mol. The number of aromatic amines is 1. The average Bonchev–Trinajstić information content (AvgIpc) is 3.18. The highest BCUT2D eigenvalue weighted by Gasteiger charge is 2.32. The summed E-state index contributed by atoms with van der Waals surface area (Å²) >= 11 is 0.